The van der Waals surface area contributed by atoms with E-state index >= 15 is 0 Å². The minimum absolute atomic E-state index is 0.0417. The predicted molar refractivity (Wildman–Crippen MR) is 117 cm³/mol. The highest BCUT2D eigenvalue weighted by Crippen LogP contribution is 2.56. The molecule has 1 unspecified atom stereocenters. The number of amides is 2. The predicted octanol–water partition coefficient (Wildman–Crippen LogP) is 4.36. The van der Waals surface area contributed by atoms with Crippen LogP contribution < -0.4 is 15.4 Å². The number of carbonyl (C=O) groups excluding carboxylic acids is 2. The lowest BCUT2D eigenvalue weighted by Gasteiger charge is -2.31. The maximum atomic E-state index is 13.2. The van der Waals surface area contributed by atoms with Crippen LogP contribution in [-0.2, 0) is 15.0 Å². The number of hydrogen-bond donors (Lipinski definition) is 3. The van der Waals surface area contributed by atoms with Gasteiger partial charge in [0.2, 0.25) is 11.8 Å². The second-order valence-electron chi connectivity index (χ2n) is 7.32. The van der Waals surface area contributed by atoms with Crippen molar-refractivity contribution in [3.05, 3.63) is 62.8 Å². The van der Waals surface area contributed by atoms with E-state index in [2.05, 4.69) is 10.6 Å². The van der Waals surface area contributed by atoms with E-state index in [1.807, 2.05) is 0 Å². The number of ether oxygens (including phenoxy) is 1. The van der Waals surface area contributed by atoms with E-state index in [4.69, 9.17) is 16.3 Å². The van der Waals surface area contributed by atoms with Crippen molar-refractivity contribution in [2.45, 2.75) is 11.8 Å². The average molecular weight is 455 g/mol. The zero-order valence-corrected chi connectivity index (χ0v) is 17.7. The Morgan fingerprint density at radius 2 is 1.90 bits per heavy atom. The third-order valence-electron chi connectivity index (χ3n) is 5.64. The second-order valence-corrected chi connectivity index (χ2v) is 8.78. The SMILES string of the molecule is COc1ccc(-c2c(C(=O)O)sc3c2NC(=O)CC32C(=O)Nc3ccc(Cl)cc32)cc1. The average Bonchev–Trinajstić information content (AvgIpc) is 3.25. The Bertz CT molecular complexity index is 1280. The van der Waals surface area contributed by atoms with Crippen LogP contribution in [0.1, 0.15) is 26.5 Å². The fraction of sp³-hybridized carbons (Fsp3) is 0.136. The molecule has 3 heterocycles. The van der Waals surface area contributed by atoms with E-state index in [1.165, 1.54) is 7.11 Å². The Morgan fingerprint density at radius 3 is 2.58 bits per heavy atom. The molecule has 2 amide bonds. The van der Waals surface area contributed by atoms with Crippen LogP contribution in [0.15, 0.2) is 42.5 Å². The number of nitrogens with one attached hydrogen (secondary N) is 2. The van der Waals surface area contributed by atoms with Crippen LogP contribution in [-0.4, -0.2) is 30.0 Å². The van der Waals surface area contributed by atoms with Gasteiger partial charge in [0.05, 0.1) is 24.1 Å². The van der Waals surface area contributed by atoms with Crippen LogP contribution in [0.25, 0.3) is 11.1 Å². The maximum Gasteiger partial charge on any atom is 0.346 e. The number of hydrogen-bond acceptors (Lipinski definition) is 5. The molecule has 2 aliphatic heterocycles. The van der Waals surface area contributed by atoms with Gasteiger partial charge in [-0.3, -0.25) is 9.59 Å². The molecule has 2 aromatic carbocycles. The molecule has 1 atom stereocenters. The summed E-state index contributed by atoms with van der Waals surface area (Å²) in [6, 6.07) is 11.9. The molecule has 0 aliphatic carbocycles. The van der Waals surface area contributed by atoms with Gasteiger partial charge in [0, 0.05) is 16.3 Å². The van der Waals surface area contributed by atoms with E-state index < -0.39 is 11.4 Å². The van der Waals surface area contributed by atoms with Crippen LogP contribution in [0, 0.1) is 0 Å². The van der Waals surface area contributed by atoms with Gasteiger partial charge in [-0.15, -0.1) is 11.3 Å². The monoisotopic (exact) mass is 454 g/mol. The molecule has 31 heavy (non-hydrogen) atoms. The van der Waals surface area contributed by atoms with Gasteiger partial charge in [0.15, 0.2) is 0 Å². The van der Waals surface area contributed by atoms with E-state index in [-0.39, 0.29) is 23.1 Å². The number of carbonyl (C=O) groups is 3. The highest BCUT2D eigenvalue weighted by atomic mass is 35.5. The number of aromatic carboxylic acids is 1. The van der Waals surface area contributed by atoms with Crippen molar-refractivity contribution in [2.75, 3.05) is 17.7 Å². The van der Waals surface area contributed by atoms with Crippen molar-refractivity contribution in [3.8, 4) is 16.9 Å². The van der Waals surface area contributed by atoms with E-state index in [0.29, 0.717) is 43.7 Å². The Kier molecular flexibility index (Phi) is 4.32. The molecule has 1 aromatic heterocycles. The van der Waals surface area contributed by atoms with Crippen molar-refractivity contribution < 1.29 is 24.2 Å². The number of benzene rings is 2. The summed E-state index contributed by atoms with van der Waals surface area (Å²) in [6.07, 6.45) is -0.138. The number of fused-ring (bicyclic) bond motifs is 4. The summed E-state index contributed by atoms with van der Waals surface area (Å²) in [6.45, 7) is 0. The molecule has 2 aliphatic rings. The molecule has 7 nitrogen and oxygen atoms in total. The van der Waals surface area contributed by atoms with Gasteiger partial charge in [-0.2, -0.15) is 0 Å². The molecule has 0 radical (unpaired) electrons. The number of methoxy groups -OCH3 is 1. The zero-order chi connectivity index (χ0) is 21.9. The van der Waals surface area contributed by atoms with Gasteiger partial charge in [-0.25, -0.2) is 4.79 Å². The first-order valence-corrected chi connectivity index (χ1v) is 10.5. The van der Waals surface area contributed by atoms with Gasteiger partial charge in [-0.05, 0) is 41.5 Å². The Morgan fingerprint density at radius 1 is 1.16 bits per heavy atom. The summed E-state index contributed by atoms with van der Waals surface area (Å²) < 4.78 is 5.19. The summed E-state index contributed by atoms with van der Waals surface area (Å²) in [5.41, 5.74) is 1.10. The highest BCUT2D eigenvalue weighted by molar-refractivity contribution is 7.15. The first kappa shape index (κ1) is 19.6. The number of halogens is 1. The standard InChI is InChI=1S/C22H15ClN2O5S/c1-30-12-5-2-10(3-6-12)16-17-19(31-18(16)20(27)28)22(9-15(26)25-17)13-8-11(23)4-7-14(13)24-21(22)29/h2-8H,9H2,1H3,(H,24,29)(H,25,26)(H,27,28). The van der Waals surface area contributed by atoms with Crippen LogP contribution in [0.4, 0.5) is 11.4 Å². The van der Waals surface area contributed by atoms with Crippen LogP contribution >= 0.6 is 22.9 Å². The third kappa shape index (κ3) is 2.75. The summed E-state index contributed by atoms with van der Waals surface area (Å²) in [5.74, 6) is -1.27. The van der Waals surface area contributed by atoms with Gasteiger partial charge in [0.25, 0.3) is 0 Å². The Labute approximate surface area is 185 Å². The van der Waals surface area contributed by atoms with Gasteiger partial charge >= 0.3 is 5.97 Å². The lowest BCUT2D eigenvalue weighted by molar-refractivity contribution is -0.125. The van der Waals surface area contributed by atoms with Crippen LogP contribution in [0.2, 0.25) is 5.02 Å². The quantitative estimate of drug-likeness (QED) is 0.545. The summed E-state index contributed by atoms with van der Waals surface area (Å²) in [7, 11) is 1.54. The van der Waals surface area contributed by atoms with Crippen molar-refractivity contribution in [2.24, 2.45) is 0 Å². The number of thiophene rings is 1. The molecule has 1 spiro atoms. The zero-order valence-electron chi connectivity index (χ0n) is 16.1. The van der Waals surface area contributed by atoms with E-state index in [1.54, 1.807) is 42.5 Å². The van der Waals surface area contributed by atoms with E-state index in [9.17, 15) is 19.5 Å². The van der Waals surface area contributed by atoms with Gasteiger partial charge in [0.1, 0.15) is 16.0 Å². The molecule has 156 valence electrons. The normalized spacial score (nSPS) is 18.9. The molecule has 3 aromatic rings. The Hall–Kier alpha value is -3.36. The lowest BCUT2D eigenvalue weighted by atomic mass is 9.74. The molecule has 0 bridgehead atoms. The highest BCUT2D eigenvalue weighted by Gasteiger charge is 2.55. The third-order valence-corrected chi connectivity index (χ3v) is 7.21. The second kappa shape index (κ2) is 6.83. The van der Waals surface area contributed by atoms with E-state index in [0.717, 1.165) is 11.3 Å². The molecule has 5 rings (SSSR count). The molecule has 3 N–H and O–H groups in total. The first-order chi connectivity index (χ1) is 14.8. The minimum atomic E-state index is -1.34. The van der Waals surface area contributed by atoms with Crippen molar-refractivity contribution in [1.82, 2.24) is 0 Å². The summed E-state index contributed by atoms with van der Waals surface area (Å²) in [4.78, 5) is 38.7. The first-order valence-electron chi connectivity index (χ1n) is 9.31. The molecular weight excluding hydrogens is 440 g/mol. The fourth-order valence-corrected chi connectivity index (χ4v) is 5.76. The molecular formula is C22H15ClN2O5S. The van der Waals surface area contributed by atoms with Gasteiger partial charge in [-0.1, -0.05) is 23.7 Å². The lowest BCUT2D eigenvalue weighted by Crippen LogP contribution is -2.42. The number of anilines is 2. The number of carboxylic acid groups (broad SMARTS) is 1. The smallest absolute Gasteiger partial charge is 0.346 e. The molecule has 0 fully saturated rings. The summed E-state index contributed by atoms with van der Waals surface area (Å²) >= 11 is 7.20. The molecule has 0 saturated carbocycles. The largest absolute Gasteiger partial charge is 0.497 e. The topological polar surface area (TPSA) is 105 Å². The molecule has 9 heteroatoms. The van der Waals surface area contributed by atoms with Crippen molar-refractivity contribution in [1.29, 1.82) is 0 Å². The summed E-state index contributed by atoms with van der Waals surface area (Å²) in [5, 5.41) is 16.0. The van der Waals surface area contributed by atoms with Crippen molar-refractivity contribution >= 4 is 52.1 Å². The van der Waals surface area contributed by atoms with Crippen LogP contribution in [0.5, 0.6) is 5.75 Å². The Balaban J connectivity index is 1.81. The van der Waals surface area contributed by atoms with Crippen molar-refractivity contribution in [3.63, 3.8) is 0 Å². The van der Waals surface area contributed by atoms with Gasteiger partial charge < -0.3 is 20.5 Å². The maximum absolute atomic E-state index is 13.2. The molecule has 0 saturated heterocycles. The minimum Gasteiger partial charge on any atom is -0.497 e. The number of carboxylic acids is 1. The van der Waals surface area contributed by atoms with Crippen LogP contribution in [0.3, 0.4) is 0 Å². The fourth-order valence-electron chi connectivity index (χ4n) is 4.27. The number of rotatable bonds is 3.